The van der Waals surface area contributed by atoms with Crippen molar-refractivity contribution in [2.24, 2.45) is 10.7 Å². The van der Waals surface area contributed by atoms with Gasteiger partial charge in [0, 0.05) is 26.0 Å². The van der Waals surface area contributed by atoms with Gasteiger partial charge in [0.2, 0.25) is 5.79 Å². The number of nitrogens with two attached hydrogens (primary N) is 1. The van der Waals surface area contributed by atoms with Crippen LogP contribution in [0.25, 0.3) is 0 Å². The molecule has 0 radical (unpaired) electrons. The molecule has 2 rings (SSSR count). The zero-order chi connectivity index (χ0) is 15.8. The second-order valence-corrected chi connectivity index (χ2v) is 4.67. The van der Waals surface area contributed by atoms with Crippen LogP contribution in [-0.2, 0) is 12.3 Å². The standard InChI is InChI=1S/C12H17F3N6/c1-4-21-6-9(7(2)20-21)12(16)18-5-8(11(13,14)15)10(17-3)19-12/h5-6,17,19H,4,16H2,1-3H3. The molecule has 1 unspecified atom stereocenters. The number of aliphatic imine (C=N–C) groups is 1. The number of allylic oxidation sites excluding steroid dienone is 1. The number of alkyl halides is 3. The zero-order valence-electron chi connectivity index (χ0n) is 11.9. The third kappa shape index (κ3) is 2.73. The lowest BCUT2D eigenvalue weighted by Gasteiger charge is -2.33. The highest BCUT2D eigenvalue weighted by atomic mass is 19.4. The molecule has 21 heavy (non-hydrogen) atoms. The zero-order valence-corrected chi connectivity index (χ0v) is 11.9. The van der Waals surface area contributed by atoms with E-state index in [9.17, 15) is 13.2 Å². The number of aromatic nitrogens is 2. The first kappa shape index (κ1) is 15.4. The van der Waals surface area contributed by atoms with E-state index < -0.39 is 17.5 Å². The van der Waals surface area contributed by atoms with Gasteiger partial charge < -0.3 is 10.6 Å². The predicted octanol–water partition coefficient (Wildman–Crippen LogP) is 0.948. The van der Waals surface area contributed by atoms with E-state index in [4.69, 9.17) is 5.73 Å². The van der Waals surface area contributed by atoms with Crippen molar-refractivity contribution in [3.05, 3.63) is 28.8 Å². The van der Waals surface area contributed by atoms with Crippen molar-refractivity contribution in [3.63, 3.8) is 0 Å². The fourth-order valence-electron chi connectivity index (χ4n) is 2.12. The van der Waals surface area contributed by atoms with E-state index in [1.807, 2.05) is 6.92 Å². The minimum atomic E-state index is -4.52. The summed E-state index contributed by atoms with van der Waals surface area (Å²) in [5.74, 6) is -1.70. The third-order valence-corrected chi connectivity index (χ3v) is 3.22. The van der Waals surface area contributed by atoms with Gasteiger partial charge in [-0.1, -0.05) is 0 Å². The molecule has 9 heteroatoms. The Hall–Kier alpha value is -2.03. The van der Waals surface area contributed by atoms with Gasteiger partial charge in [-0.2, -0.15) is 18.3 Å². The van der Waals surface area contributed by atoms with E-state index in [0.29, 0.717) is 17.8 Å². The first-order chi connectivity index (χ1) is 9.71. The van der Waals surface area contributed by atoms with Crippen molar-refractivity contribution in [2.75, 3.05) is 7.05 Å². The van der Waals surface area contributed by atoms with Crippen LogP contribution in [0.4, 0.5) is 13.2 Å². The first-order valence-electron chi connectivity index (χ1n) is 6.37. The lowest BCUT2D eigenvalue weighted by Crippen LogP contribution is -2.54. The van der Waals surface area contributed by atoms with Gasteiger partial charge in [0.05, 0.1) is 11.3 Å². The Morgan fingerprint density at radius 3 is 2.62 bits per heavy atom. The average molecular weight is 302 g/mol. The molecule has 1 atom stereocenters. The molecule has 0 amide bonds. The Morgan fingerprint density at radius 1 is 1.48 bits per heavy atom. The smallest absolute Gasteiger partial charge is 0.374 e. The first-order valence-corrected chi connectivity index (χ1v) is 6.37. The molecule has 1 aliphatic heterocycles. The van der Waals surface area contributed by atoms with E-state index >= 15 is 0 Å². The lowest BCUT2D eigenvalue weighted by atomic mass is 10.1. The summed E-state index contributed by atoms with van der Waals surface area (Å²) in [5.41, 5.74) is 6.35. The molecule has 0 spiro atoms. The van der Waals surface area contributed by atoms with Gasteiger partial charge in [-0.25, -0.2) is 4.99 Å². The number of nitrogens with one attached hydrogen (secondary N) is 2. The number of hydrogen-bond acceptors (Lipinski definition) is 5. The fourth-order valence-corrected chi connectivity index (χ4v) is 2.12. The van der Waals surface area contributed by atoms with Gasteiger partial charge in [-0.15, -0.1) is 0 Å². The van der Waals surface area contributed by atoms with E-state index in [2.05, 4.69) is 20.7 Å². The maximum absolute atomic E-state index is 12.9. The molecule has 0 aliphatic carbocycles. The number of halogens is 3. The van der Waals surface area contributed by atoms with E-state index in [1.54, 1.807) is 17.8 Å². The summed E-state index contributed by atoms with van der Waals surface area (Å²) in [5, 5.41) is 9.31. The van der Waals surface area contributed by atoms with E-state index in [0.717, 1.165) is 6.21 Å². The van der Waals surface area contributed by atoms with Crippen LogP contribution in [0.2, 0.25) is 0 Å². The Balaban J connectivity index is 2.42. The van der Waals surface area contributed by atoms with Crippen LogP contribution in [0.15, 0.2) is 22.6 Å². The predicted molar refractivity (Wildman–Crippen MR) is 72.3 cm³/mol. The number of nitrogens with zero attached hydrogens (tertiary/aromatic N) is 3. The minimum absolute atomic E-state index is 0.219. The van der Waals surface area contributed by atoms with Crippen LogP contribution >= 0.6 is 0 Å². The monoisotopic (exact) mass is 302 g/mol. The molecule has 1 aliphatic rings. The molecule has 1 aromatic rings. The van der Waals surface area contributed by atoms with E-state index in [1.165, 1.54) is 7.05 Å². The van der Waals surface area contributed by atoms with Crippen molar-refractivity contribution < 1.29 is 13.2 Å². The summed E-state index contributed by atoms with van der Waals surface area (Å²) in [6.45, 7) is 4.26. The highest BCUT2D eigenvalue weighted by molar-refractivity contribution is 5.82. The SMILES string of the molecule is CCn1cc(C2(N)N=CC(C(F)(F)F)=C(NC)N2)c(C)n1. The largest absolute Gasteiger partial charge is 0.421 e. The molecule has 1 aromatic heterocycles. The molecule has 0 saturated heterocycles. The summed E-state index contributed by atoms with van der Waals surface area (Å²) in [4.78, 5) is 3.86. The maximum atomic E-state index is 12.9. The highest BCUT2D eigenvalue weighted by Crippen LogP contribution is 2.31. The second-order valence-electron chi connectivity index (χ2n) is 4.67. The summed E-state index contributed by atoms with van der Waals surface area (Å²) in [6.07, 6.45) is -2.10. The molecule has 6 nitrogen and oxygen atoms in total. The normalized spacial score (nSPS) is 22.4. The van der Waals surface area contributed by atoms with Gasteiger partial charge in [0.25, 0.3) is 0 Å². The molecular weight excluding hydrogens is 285 g/mol. The topological polar surface area (TPSA) is 80.3 Å². The Bertz CT molecular complexity index is 601. The van der Waals surface area contributed by atoms with Gasteiger partial charge in [0.1, 0.15) is 11.4 Å². The summed E-state index contributed by atoms with van der Waals surface area (Å²) >= 11 is 0. The third-order valence-electron chi connectivity index (χ3n) is 3.22. The van der Waals surface area contributed by atoms with Gasteiger partial charge in [0.15, 0.2) is 0 Å². The molecule has 116 valence electrons. The maximum Gasteiger partial charge on any atom is 0.421 e. The van der Waals surface area contributed by atoms with Crippen molar-refractivity contribution in [2.45, 2.75) is 32.4 Å². The summed E-state index contributed by atoms with van der Waals surface area (Å²) < 4.78 is 40.3. The molecule has 0 aromatic carbocycles. The number of aryl methyl sites for hydroxylation is 2. The number of rotatable bonds is 3. The molecule has 4 N–H and O–H groups in total. The molecular formula is C12H17F3N6. The molecule has 0 fully saturated rings. The summed E-state index contributed by atoms with van der Waals surface area (Å²) in [7, 11) is 1.38. The van der Waals surface area contributed by atoms with Crippen LogP contribution in [0.3, 0.4) is 0 Å². The van der Waals surface area contributed by atoms with Crippen LogP contribution in [0.5, 0.6) is 0 Å². The van der Waals surface area contributed by atoms with Crippen molar-refractivity contribution in [1.82, 2.24) is 20.4 Å². The van der Waals surface area contributed by atoms with Gasteiger partial charge in [-0.3, -0.25) is 10.4 Å². The highest BCUT2D eigenvalue weighted by Gasteiger charge is 2.42. The molecule has 0 saturated carbocycles. The minimum Gasteiger partial charge on any atom is -0.374 e. The summed E-state index contributed by atoms with van der Waals surface area (Å²) in [6, 6.07) is 0. The lowest BCUT2D eigenvalue weighted by molar-refractivity contribution is -0.0875. The number of hydrogen-bond donors (Lipinski definition) is 3. The van der Waals surface area contributed by atoms with Gasteiger partial charge in [-0.05, 0) is 13.8 Å². The molecule has 2 heterocycles. The van der Waals surface area contributed by atoms with Gasteiger partial charge >= 0.3 is 6.18 Å². The Kier molecular flexibility index (Phi) is 3.70. The van der Waals surface area contributed by atoms with Crippen LogP contribution < -0.4 is 16.4 Å². The fraction of sp³-hybridized carbons (Fsp3) is 0.500. The second kappa shape index (κ2) is 5.06. The van der Waals surface area contributed by atoms with Crippen molar-refractivity contribution in [3.8, 4) is 0 Å². The Labute approximate surface area is 119 Å². The quantitative estimate of drug-likeness (QED) is 0.776. The van der Waals surface area contributed by atoms with Crippen LogP contribution in [-0.4, -0.2) is 29.2 Å². The average Bonchev–Trinajstić information content (AvgIpc) is 2.79. The molecule has 0 bridgehead atoms. The van der Waals surface area contributed by atoms with Crippen molar-refractivity contribution >= 4 is 6.21 Å². The van der Waals surface area contributed by atoms with Crippen LogP contribution in [0, 0.1) is 6.92 Å². The van der Waals surface area contributed by atoms with Crippen LogP contribution in [0.1, 0.15) is 18.2 Å². The van der Waals surface area contributed by atoms with Crippen molar-refractivity contribution in [1.29, 1.82) is 0 Å². The van der Waals surface area contributed by atoms with E-state index in [-0.39, 0.29) is 5.82 Å². The Morgan fingerprint density at radius 2 is 2.14 bits per heavy atom.